The van der Waals surface area contributed by atoms with E-state index in [1.54, 1.807) is 0 Å². The average Bonchev–Trinajstić information content (AvgIpc) is 2.45. The molecule has 0 radical (unpaired) electrons. The number of nitrogens with zero attached hydrogens (tertiary/aromatic N) is 1. The van der Waals surface area contributed by atoms with Crippen molar-refractivity contribution in [1.82, 2.24) is 10.6 Å². The van der Waals surface area contributed by atoms with E-state index in [0.717, 1.165) is 38.6 Å². The number of rotatable bonds is 5. The van der Waals surface area contributed by atoms with Crippen molar-refractivity contribution >= 4 is 5.96 Å². The maximum Gasteiger partial charge on any atom is 0.191 e. The second-order valence-electron chi connectivity index (χ2n) is 4.27. The first kappa shape index (κ1) is 12.9. The average molecular weight is 247 g/mol. The summed E-state index contributed by atoms with van der Waals surface area (Å²) in [5.74, 6) is 0.910. The fourth-order valence-corrected chi connectivity index (χ4v) is 1.91. The molecule has 0 amide bonds. The fraction of sp³-hybridized carbons (Fsp3) is 0.500. The first-order chi connectivity index (χ1) is 8.90. The van der Waals surface area contributed by atoms with Gasteiger partial charge in [0.25, 0.3) is 0 Å². The minimum atomic E-state index is 0.675. The van der Waals surface area contributed by atoms with Crippen LogP contribution in [-0.2, 0) is 17.9 Å². The quantitative estimate of drug-likeness (QED) is 0.832. The second-order valence-corrected chi connectivity index (χ2v) is 4.27. The molecule has 4 heteroatoms. The molecule has 0 saturated heterocycles. The van der Waals surface area contributed by atoms with E-state index < -0.39 is 0 Å². The van der Waals surface area contributed by atoms with Gasteiger partial charge in [0, 0.05) is 26.2 Å². The molecule has 0 aromatic heterocycles. The van der Waals surface area contributed by atoms with E-state index in [2.05, 4.69) is 33.8 Å². The minimum Gasteiger partial charge on any atom is -0.377 e. The molecule has 1 aliphatic rings. The molecule has 98 valence electrons. The van der Waals surface area contributed by atoms with Crippen molar-refractivity contribution in [3.63, 3.8) is 0 Å². The highest BCUT2D eigenvalue weighted by atomic mass is 16.5. The molecule has 0 aliphatic carbocycles. The Bertz CT molecular complexity index is 404. The van der Waals surface area contributed by atoms with Gasteiger partial charge in [0.2, 0.25) is 0 Å². The molecule has 0 saturated carbocycles. The van der Waals surface area contributed by atoms with E-state index in [4.69, 9.17) is 4.74 Å². The van der Waals surface area contributed by atoms with Gasteiger partial charge in [-0.3, -0.25) is 4.99 Å². The molecular formula is C14H21N3O. The lowest BCUT2D eigenvalue weighted by atomic mass is 10.1. The van der Waals surface area contributed by atoms with Gasteiger partial charge >= 0.3 is 0 Å². The molecule has 18 heavy (non-hydrogen) atoms. The Labute approximate surface area is 108 Å². The monoisotopic (exact) mass is 247 g/mol. The zero-order valence-corrected chi connectivity index (χ0v) is 10.9. The van der Waals surface area contributed by atoms with Crippen LogP contribution in [0.4, 0.5) is 0 Å². The molecule has 0 unspecified atom stereocenters. The Morgan fingerprint density at radius 3 is 2.89 bits per heavy atom. The smallest absolute Gasteiger partial charge is 0.191 e. The van der Waals surface area contributed by atoms with Gasteiger partial charge in [-0.1, -0.05) is 24.3 Å². The number of hydrogen-bond acceptors (Lipinski definition) is 4. The number of benzene rings is 1. The summed E-state index contributed by atoms with van der Waals surface area (Å²) in [6, 6.07) is 8.35. The third-order valence-corrected chi connectivity index (χ3v) is 2.92. The van der Waals surface area contributed by atoms with Crippen LogP contribution in [-0.4, -0.2) is 25.7 Å². The summed E-state index contributed by atoms with van der Waals surface area (Å²) < 4.78 is 5.48. The SMILES string of the molecule is CCOCc1ccccc1CNC1=NCCCN1. The lowest BCUT2D eigenvalue weighted by Gasteiger charge is -2.17. The van der Waals surface area contributed by atoms with E-state index in [1.165, 1.54) is 11.1 Å². The highest BCUT2D eigenvalue weighted by molar-refractivity contribution is 5.80. The predicted octanol–water partition coefficient (Wildman–Crippen LogP) is 1.66. The number of ether oxygens (including phenoxy) is 1. The molecule has 1 heterocycles. The Hall–Kier alpha value is -1.55. The van der Waals surface area contributed by atoms with Crippen molar-refractivity contribution in [1.29, 1.82) is 0 Å². The Balaban J connectivity index is 1.93. The topological polar surface area (TPSA) is 45.6 Å². The van der Waals surface area contributed by atoms with Gasteiger partial charge < -0.3 is 15.4 Å². The fourth-order valence-electron chi connectivity index (χ4n) is 1.91. The molecule has 0 spiro atoms. The normalized spacial score (nSPS) is 14.8. The molecule has 0 fully saturated rings. The summed E-state index contributed by atoms with van der Waals surface area (Å²) in [5, 5.41) is 6.60. The van der Waals surface area contributed by atoms with Crippen LogP contribution in [0.2, 0.25) is 0 Å². The molecule has 0 bridgehead atoms. The zero-order chi connectivity index (χ0) is 12.6. The van der Waals surface area contributed by atoms with Gasteiger partial charge in [0.05, 0.1) is 6.61 Å². The van der Waals surface area contributed by atoms with Crippen LogP contribution < -0.4 is 10.6 Å². The second kappa shape index (κ2) is 7.01. The van der Waals surface area contributed by atoms with Crippen molar-refractivity contribution in [3.05, 3.63) is 35.4 Å². The van der Waals surface area contributed by atoms with E-state index in [1.807, 2.05) is 13.0 Å². The van der Waals surface area contributed by atoms with Gasteiger partial charge in [0.1, 0.15) is 0 Å². The summed E-state index contributed by atoms with van der Waals surface area (Å²) in [6.07, 6.45) is 1.12. The molecule has 1 aromatic carbocycles. The van der Waals surface area contributed by atoms with Crippen LogP contribution in [0, 0.1) is 0 Å². The molecular weight excluding hydrogens is 226 g/mol. The standard InChI is InChI=1S/C14H21N3O/c1-2-18-11-13-7-4-3-6-12(13)10-17-14-15-8-5-9-16-14/h3-4,6-7H,2,5,8-11H2,1H3,(H2,15,16,17). The summed E-state index contributed by atoms with van der Waals surface area (Å²) in [4.78, 5) is 4.40. The van der Waals surface area contributed by atoms with Crippen LogP contribution in [0.15, 0.2) is 29.3 Å². The Morgan fingerprint density at radius 2 is 2.17 bits per heavy atom. The number of aliphatic imine (C=N–C) groups is 1. The highest BCUT2D eigenvalue weighted by Gasteiger charge is 2.05. The first-order valence-corrected chi connectivity index (χ1v) is 6.57. The van der Waals surface area contributed by atoms with E-state index in [-0.39, 0.29) is 0 Å². The van der Waals surface area contributed by atoms with Crippen molar-refractivity contribution in [2.45, 2.75) is 26.5 Å². The molecule has 4 nitrogen and oxygen atoms in total. The summed E-state index contributed by atoms with van der Waals surface area (Å²) in [5.41, 5.74) is 2.50. The molecule has 1 aliphatic heterocycles. The maximum atomic E-state index is 5.48. The van der Waals surface area contributed by atoms with Gasteiger partial charge in [-0.15, -0.1) is 0 Å². The van der Waals surface area contributed by atoms with Gasteiger partial charge in [-0.25, -0.2) is 0 Å². The molecule has 1 aromatic rings. The maximum absolute atomic E-state index is 5.48. The summed E-state index contributed by atoms with van der Waals surface area (Å²) in [7, 11) is 0. The zero-order valence-electron chi connectivity index (χ0n) is 10.9. The number of guanidine groups is 1. The van der Waals surface area contributed by atoms with Crippen LogP contribution in [0.25, 0.3) is 0 Å². The van der Waals surface area contributed by atoms with Gasteiger partial charge in [-0.05, 0) is 24.5 Å². The minimum absolute atomic E-state index is 0.675. The third kappa shape index (κ3) is 3.74. The largest absolute Gasteiger partial charge is 0.377 e. The number of nitrogens with one attached hydrogen (secondary N) is 2. The lowest BCUT2D eigenvalue weighted by Crippen LogP contribution is -2.40. The van der Waals surface area contributed by atoms with Crippen molar-refractivity contribution < 1.29 is 4.74 Å². The molecule has 0 atom stereocenters. The number of hydrogen-bond donors (Lipinski definition) is 2. The van der Waals surface area contributed by atoms with E-state index in [0.29, 0.717) is 6.61 Å². The van der Waals surface area contributed by atoms with Crippen molar-refractivity contribution in [2.24, 2.45) is 4.99 Å². The van der Waals surface area contributed by atoms with Gasteiger partial charge in [0.15, 0.2) is 5.96 Å². The van der Waals surface area contributed by atoms with E-state index in [9.17, 15) is 0 Å². The van der Waals surface area contributed by atoms with E-state index >= 15 is 0 Å². The van der Waals surface area contributed by atoms with Crippen LogP contribution in [0.3, 0.4) is 0 Å². The third-order valence-electron chi connectivity index (χ3n) is 2.92. The van der Waals surface area contributed by atoms with Crippen molar-refractivity contribution in [3.8, 4) is 0 Å². The first-order valence-electron chi connectivity index (χ1n) is 6.57. The molecule has 2 rings (SSSR count). The van der Waals surface area contributed by atoms with Crippen LogP contribution in [0.5, 0.6) is 0 Å². The highest BCUT2D eigenvalue weighted by Crippen LogP contribution is 2.10. The lowest BCUT2D eigenvalue weighted by molar-refractivity contribution is 0.133. The van der Waals surface area contributed by atoms with Crippen LogP contribution >= 0.6 is 0 Å². The molecule has 2 N–H and O–H groups in total. The predicted molar refractivity (Wildman–Crippen MR) is 73.5 cm³/mol. The summed E-state index contributed by atoms with van der Waals surface area (Å²) in [6.45, 7) is 6.14. The Kier molecular flexibility index (Phi) is 5.02. The Morgan fingerprint density at radius 1 is 1.33 bits per heavy atom. The summed E-state index contributed by atoms with van der Waals surface area (Å²) >= 11 is 0. The van der Waals surface area contributed by atoms with Gasteiger partial charge in [-0.2, -0.15) is 0 Å². The van der Waals surface area contributed by atoms with Crippen LogP contribution in [0.1, 0.15) is 24.5 Å². The van der Waals surface area contributed by atoms with Crippen molar-refractivity contribution in [2.75, 3.05) is 19.7 Å².